The number of rotatable bonds is 4. The maximum absolute atomic E-state index is 9.86. The van der Waals surface area contributed by atoms with Crippen molar-refractivity contribution in [1.82, 2.24) is 15.0 Å². The Morgan fingerprint density at radius 2 is 1.86 bits per heavy atom. The molecule has 0 radical (unpaired) electrons. The van der Waals surface area contributed by atoms with Crippen molar-refractivity contribution in [3.8, 4) is 17.3 Å². The summed E-state index contributed by atoms with van der Waals surface area (Å²) in [5, 5.41) is 10.4. The number of fused-ring (bicyclic) bond motifs is 2. The first-order chi connectivity index (χ1) is 14.2. The molecule has 3 aliphatic rings. The Hall–Kier alpha value is -2.19. The zero-order valence-corrected chi connectivity index (χ0v) is 16.3. The minimum Gasteiger partial charge on any atom is -0.456 e. The molecule has 3 aromatic rings. The molecule has 0 bridgehead atoms. The van der Waals surface area contributed by atoms with E-state index in [0.717, 1.165) is 5.56 Å². The van der Waals surface area contributed by atoms with Gasteiger partial charge in [0.15, 0.2) is 11.8 Å². The highest BCUT2D eigenvalue weighted by Gasteiger charge is 2.48. The number of benzene rings is 1. The van der Waals surface area contributed by atoms with E-state index in [0.29, 0.717) is 40.4 Å². The Labute approximate surface area is 172 Å². The normalized spacial score (nSPS) is 28.8. The molecule has 29 heavy (non-hydrogen) atoms. The van der Waals surface area contributed by atoms with Crippen molar-refractivity contribution in [2.24, 2.45) is 0 Å². The van der Waals surface area contributed by atoms with Crippen LogP contribution in [0.4, 0.5) is 0 Å². The lowest BCUT2D eigenvalue weighted by Gasteiger charge is -2.15. The van der Waals surface area contributed by atoms with Gasteiger partial charge in [0.25, 0.3) is 6.01 Å². The van der Waals surface area contributed by atoms with E-state index < -0.39 is 6.10 Å². The summed E-state index contributed by atoms with van der Waals surface area (Å²) in [7, 11) is 0. The molecule has 0 spiro atoms. The number of hydrogen-bond donors (Lipinski definition) is 2. The molecule has 150 valence electrons. The fraction of sp³-hybridized carbons (Fsp3) is 0.429. The number of halogens is 1. The number of aromatic amines is 1. The van der Waals surface area contributed by atoms with Crippen molar-refractivity contribution in [3.05, 3.63) is 40.9 Å². The quantitative estimate of drug-likeness (QED) is 0.683. The second-order valence-electron chi connectivity index (χ2n) is 7.95. The lowest BCUT2D eigenvalue weighted by molar-refractivity contribution is 0.00706. The van der Waals surface area contributed by atoms with Gasteiger partial charge >= 0.3 is 0 Å². The SMILES string of the molecule is OC1CO[C@H]2[C@@H]1OC[C@H]2Oc1nc2nc(-c3ccc(C4CC4)cc3)c(Cl)cc2[nH]1. The van der Waals surface area contributed by atoms with Gasteiger partial charge in [0.05, 0.1) is 29.4 Å². The number of nitrogens with zero attached hydrogens (tertiary/aromatic N) is 2. The lowest BCUT2D eigenvalue weighted by Crippen LogP contribution is -2.34. The Balaban J connectivity index is 1.27. The van der Waals surface area contributed by atoms with E-state index in [1.807, 2.05) is 6.07 Å². The van der Waals surface area contributed by atoms with E-state index in [-0.39, 0.29) is 24.9 Å². The van der Waals surface area contributed by atoms with Gasteiger partial charge in [0.2, 0.25) is 0 Å². The summed E-state index contributed by atoms with van der Waals surface area (Å²) in [5.74, 6) is 0.713. The Kier molecular flexibility index (Phi) is 4.06. The van der Waals surface area contributed by atoms with Crippen molar-refractivity contribution in [2.45, 2.75) is 43.2 Å². The summed E-state index contributed by atoms with van der Waals surface area (Å²) < 4.78 is 17.1. The van der Waals surface area contributed by atoms with Crippen molar-refractivity contribution >= 4 is 22.8 Å². The predicted molar refractivity (Wildman–Crippen MR) is 106 cm³/mol. The summed E-state index contributed by atoms with van der Waals surface area (Å²) in [6.07, 6.45) is 0.967. The van der Waals surface area contributed by atoms with Crippen LogP contribution in [-0.2, 0) is 9.47 Å². The first kappa shape index (κ1) is 17.7. The largest absolute Gasteiger partial charge is 0.456 e. The molecule has 1 unspecified atom stereocenters. The highest BCUT2D eigenvalue weighted by Crippen LogP contribution is 2.41. The Morgan fingerprint density at radius 3 is 2.66 bits per heavy atom. The molecule has 4 heterocycles. The third-order valence-corrected chi connectivity index (χ3v) is 6.17. The van der Waals surface area contributed by atoms with Crippen LogP contribution in [0.1, 0.15) is 24.3 Å². The van der Waals surface area contributed by atoms with Crippen LogP contribution in [-0.4, -0.2) is 57.7 Å². The van der Waals surface area contributed by atoms with E-state index >= 15 is 0 Å². The number of nitrogens with one attached hydrogen (secondary N) is 1. The molecule has 2 N–H and O–H groups in total. The van der Waals surface area contributed by atoms with Gasteiger partial charge in [-0.1, -0.05) is 35.9 Å². The van der Waals surface area contributed by atoms with Crippen LogP contribution >= 0.6 is 11.6 Å². The fourth-order valence-corrected chi connectivity index (χ4v) is 4.43. The van der Waals surface area contributed by atoms with Crippen LogP contribution in [0.15, 0.2) is 30.3 Å². The molecule has 2 aromatic heterocycles. The molecule has 1 aliphatic carbocycles. The Bertz CT molecular complexity index is 1070. The van der Waals surface area contributed by atoms with Crippen LogP contribution in [0.3, 0.4) is 0 Å². The average Bonchev–Trinajstić information content (AvgIpc) is 3.24. The van der Waals surface area contributed by atoms with Gasteiger partial charge in [-0.3, -0.25) is 0 Å². The van der Waals surface area contributed by atoms with Gasteiger partial charge in [-0.15, -0.1) is 0 Å². The second-order valence-corrected chi connectivity index (χ2v) is 8.35. The average molecular weight is 414 g/mol. The van der Waals surface area contributed by atoms with E-state index in [4.69, 9.17) is 25.8 Å². The highest BCUT2D eigenvalue weighted by molar-refractivity contribution is 6.33. The molecular formula is C21H20ClN3O4. The maximum Gasteiger partial charge on any atom is 0.296 e. The summed E-state index contributed by atoms with van der Waals surface area (Å²) in [6.45, 7) is 0.603. The molecule has 7 nitrogen and oxygen atoms in total. The number of ether oxygens (including phenoxy) is 3. The molecule has 3 fully saturated rings. The molecule has 2 saturated heterocycles. The van der Waals surface area contributed by atoms with Gasteiger partial charge in [-0.05, 0) is 30.4 Å². The molecule has 6 rings (SSSR count). The lowest BCUT2D eigenvalue weighted by atomic mass is 10.1. The third kappa shape index (κ3) is 3.09. The monoisotopic (exact) mass is 413 g/mol. The molecule has 1 aromatic carbocycles. The number of aliphatic hydroxyl groups is 1. The van der Waals surface area contributed by atoms with Crippen molar-refractivity contribution < 1.29 is 19.3 Å². The summed E-state index contributed by atoms with van der Waals surface area (Å²) >= 11 is 6.50. The smallest absolute Gasteiger partial charge is 0.296 e. The summed E-state index contributed by atoms with van der Waals surface area (Å²) in [4.78, 5) is 12.2. The number of imidazole rings is 1. The Morgan fingerprint density at radius 1 is 1.07 bits per heavy atom. The summed E-state index contributed by atoms with van der Waals surface area (Å²) in [6, 6.07) is 10.6. The third-order valence-electron chi connectivity index (χ3n) is 5.88. The minimum atomic E-state index is -0.612. The molecular weight excluding hydrogens is 394 g/mol. The summed E-state index contributed by atoms with van der Waals surface area (Å²) in [5.41, 5.74) is 4.27. The second kappa shape index (κ2) is 6.67. The van der Waals surface area contributed by atoms with E-state index in [9.17, 15) is 5.11 Å². The van der Waals surface area contributed by atoms with Gasteiger partial charge in [0.1, 0.15) is 18.3 Å². The number of aromatic nitrogens is 3. The first-order valence-electron chi connectivity index (χ1n) is 9.90. The van der Waals surface area contributed by atoms with E-state index in [1.165, 1.54) is 18.4 Å². The molecule has 2 aliphatic heterocycles. The van der Waals surface area contributed by atoms with Gasteiger partial charge in [-0.2, -0.15) is 4.98 Å². The number of H-pyrrole nitrogens is 1. The standard InChI is InChI=1S/C21H20ClN3O4/c22-13-7-14-20(24-17(13)12-5-3-11(4-6-12)10-1-2-10)25-21(23-14)29-16-9-28-18-15(26)8-27-19(16)18/h3-7,10,15-16,18-19,26H,1-2,8-9H2,(H,23,24,25)/t15?,16-,18-,19-/m1/s1. The topological polar surface area (TPSA) is 89.5 Å². The van der Waals surface area contributed by atoms with Crippen LogP contribution < -0.4 is 4.74 Å². The molecule has 8 heteroatoms. The van der Waals surface area contributed by atoms with Crippen molar-refractivity contribution in [1.29, 1.82) is 0 Å². The van der Waals surface area contributed by atoms with Crippen LogP contribution in [0.25, 0.3) is 22.4 Å². The predicted octanol–water partition coefficient (Wildman–Crippen LogP) is 3.06. The first-order valence-corrected chi connectivity index (χ1v) is 10.3. The van der Waals surface area contributed by atoms with Crippen LogP contribution in [0.2, 0.25) is 5.02 Å². The number of hydrogen-bond acceptors (Lipinski definition) is 6. The van der Waals surface area contributed by atoms with E-state index in [2.05, 4.69) is 39.2 Å². The van der Waals surface area contributed by atoms with Crippen LogP contribution in [0, 0.1) is 0 Å². The van der Waals surface area contributed by atoms with Gasteiger partial charge in [0, 0.05) is 5.56 Å². The molecule has 4 atom stereocenters. The minimum absolute atomic E-state index is 0.259. The highest BCUT2D eigenvalue weighted by atomic mass is 35.5. The zero-order valence-electron chi connectivity index (χ0n) is 15.5. The zero-order chi connectivity index (χ0) is 19.5. The number of aliphatic hydroxyl groups excluding tert-OH is 1. The van der Waals surface area contributed by atoms with Crippen molar-refractivity contribution in [3.63, 3.8) is 0 Å². The maximum atomic E-state index is 9.86. The van der Waals surface area contributed by atoms with Gasteiger partial charge < -0.3 is 24.3 Å². The molecule has 0 amide bonds. The van der Waals surface area contributed by atoms with Crippen molar-refractivity contribution in [2.75, 3.05) is 13.2 Å². The fourth-order valence-electron chi connectivity index (χ4n) is 4.17. The van der Waals surface area contributed by atoms with E-state index in [1.54, 1.807) is 0 Å². The number of pyridine rings is 1. The van der Waals surface area contributed by atoms with Gasteiger partial charge in [-0.25, -0.2) is 4.98 Å². The molecule has 1 saturated carbocycles. The van der Waals surface area contributed by atoms with Crippen LogP contribution in [0.5, 0.6) is 6.01 Å².